The molecule has 0 bridgehead atoms. The number of carbonyl (C=O) groups excluding carboxylic acids is 2. The highest BCUT2D eigenvalue weighted by Crippen LogP contribution is 2.42. The van der Waals surface area contributed by atoms with E-state index in [9.17, 15) is 19.5 Å². The maximum Gasteiger partial charge on any atom is 0.338 e. The number of rotatable bonds is 8. The Kier molecular flexibility index (Phi) is 9.38. The van der Waals surface area contributed by atoms with Crippen molar-refractivity contribution >= 4 is 87.3 Å². The van der Waals surface area contributed by atoms with Gasteiger partial charge in [0.05, 0.1) is 43.6 Å². The van der Waals surface area contributed by atoms with Crippen molar-refractivity contribution in [2.75, 3.05) is 17.7 Å². The predicted octanol–water partition coefficient (Wildman–Crippen LogP) is 7.38. The Morgan fingerprint density at radius 3 is 2.06 bits per heavy atom. The van der Waals surface area contributed by atoms with Crippen molar-refractivity contribution in [1.82, 2.24) is 0 Å². The largest absolute Gasteiger partial charge is 0.497 e. The summed E-state index contributed by atoms with van der Waals surface area (Å²) in [6.45, 7) is 1.74. The molecular formula is C24H18Cl4N2O5S. The average molecular weight is 588 g/mol. The number of carboxylic acids is 1. The van der Waals surface area contributed by atoms with E-state index in [0.717, 1.165) is 0 Å². The quantitative estimate of drug-likeness (QED) is 0.144. The van der Waals surface area contributed by atoms with Gasteiger partial charge in [-0.25, -0.2) is 4.79 Å². The van der Waals surface area contributed by atoms with E-state index in [4.69, 9.17) is 51.1 Å². The van der Waals surface area contributed by atoms with Gasteiger partial charge in [0.25, 0.3) is 5.91 Å². The van der Waals surface area contributed by atoms with Crippen molar-refractivity contribution in [3.63, 3.8) is 0 Å². The lowest BCUT2D eigenvalue weighted by Gasteiger charge is -2.15. The minimum absolute atomic E-state index is 0.231. The van der Waals surface area contributed by atoms with Gasteiger partial charge in [0.2, 0.25) is 5.91 Å². The normalized spacial score (nSPS) is 11.5. The summed E-state index contributed by atoms with van der Waals surface area (Å²) in [5.74, 6) is -1.95. The molecule has 0 aliphatic heterocycles. The van der Waals surface area contributed by atoms with Crippen LogP contribution in [-0.4, -0.2) is 35.2 Å². The molecule has 0 radical (unpaired) electrons. The Labute approximate surface area is 231 Å². The molecule has 0 aliphatic rings. The summed E-state index contributed by atoms with van der Waals surface area (Å²) in [7, 11) is 1.54. The number of hydrogen-bond donors (Lipinski definition) is 3. The molecule has 3 N–H and O–H groups in total. The molecule has 0 fully saturated rings. The third-order valence-corrected chi connectivity index (χ3v) is 7.72. The van der Waals surface area contributed by atoms with Gasteiger partial charge >= 0.3 is 5.97 Å². The van der Waals surface area contributed by atoms with Gasteiger partial charge in [0, 0.05) is 22.3 Å². The first kappa shape index (κ1) is 28.0. The number of benzene rings is 3. The van der Waals surface area contributed by atoms with Gasteiger partial charge in [0.15, 0.2) is 0 Å². The van der Waals surface area contributed by atoms with Crippen LogP contribution in [0.3, 0.4) is 0 Å². The second kappa shape index (κ2) is 12.1. The number of methoxy groups -OCH3 is 1. The number of amides is 2. The summed E-state index contributed by atoms with van der Waals surface area (Å²) >= 11 is 25.4. The number of carboxylic acid groups (broad SMARTS) is 1. The smallest absolute Gasteiger partial charge is 0.338 e. The molecule has 0 saturated heterocycles. The SMILES string of the molecule is COc1cccc(NC(=O)C(C)Sc2cccc(NC(=O)c3c(Cl)c(Cl)c(Cl)c(Cl)c3C(=O)O)c2)c1. The zero-order valence-corrected chi connectivity index (χ0v) is 22.5. The number of carbonyl (C=O) groups is 3. The number of nitrogens with one attached hydrogen (secondary N) is 2. The van der Waals surface area contributed by atoms with Crippen LogP contribution in [0.25, 0.3) is 0 Å². The van der Waals surface area contributed by atoms with Crippen LogP contribution in [0.2, 0.25) is 20.1 Å². The molecule has 0 saturated carbocycles. The molecule has 3 rings (SSSR count). The topological polar surface area (TPSA) is 105 Å². The van der Waals surface area contributed by atoms with Gasteiger partial charge in [-0.15, -0.1) is 11.8 Å². The highest BCUT2D eigenvalue weighted by atomic mass is 35.5. The highest BCUT2D eigenvalue weighted by molar-refractivity contribution is 8.00. The molecule has 1 unspecified atom stereocenters. The molecule has 3 aromatic rings. The monoisotopic (exact) mass is 586 g/mol. The first-order valence-electron chi connectivity index (χ1n) is 10.2. The first-order valence-corrected chi connectivity index (χ1v) is 12.5. The van der Waals surface area contributed by atoms with Crippen LogP contribution in [0.4, 0.5) is 11.4 Å². The molecule has 0 aliphatic carbocycles. The average Bonchev–Trinajstić information content (AvgIpc) is 2.84. The van der Waals surface area contributed by atoms with Crippen molar-refractivity contribution in [3.05, 3.63) is 79.7 Å². The molecule has 3 aromatic carbocycles. The van der Waals surface area contributed by atoms with Crippen molar-refractivity contribution < 1.29 is 24.2 Å². The van der Waals surface area contributed by atoms with Gasteiger partial charge in [-0.3, -0.25) is 9.59 Å². The van der Waals surface area contributed by atoms with E-state index in [1.54, 1.807) is 55.5 Å². The fourth-order valence-electron chi connectivity index (χ4n) is 3.09. The molecule has 12 heteroatoms. The summed E-state index contributed by atoms with van der Waals surface area (Å²) < 4.78 is 5.16. The van der Waals surface area contributed by atoms with Gasteiger partial charge in [-0.05, 0) is 37.3 Å². The lowest BCUT2D eigenvalue weighted by molar-refractivity contribution is -0.115. The Balaban J connectivity index is 1.77. The van der Waals surface area contributed by atoms with Crippen LogP contribution in [0.1, 0.15) is 27.6 Å². The van der Waals surface area contributed by atoms with E-state index in [2.05, 4.69) is 10.6 Å². The minimum atomic E-state index is -1.49. The minimum Gasteiger partial charge on any atom is -0.497 e. The summed E-state index contributed by atoms with van der Waals surface area (Å²) in [4.78, 5) is 38.0. The van der Waals surface area contributed by atoms with Gasteiger partial charge in [-0.1, -0.05) is 58.5 Å². The van der Waals surface area contributed by atoms with E-state index in [-0.39, 0.29) is 21.0 Å². The predicted molar refractivity (Wildman–Crippen MR) is 145 cm³/mol. The highest BCUT2D eigenvalue weighted by Gasteiger charge is 2.29. The Hall–Kier alpha value is -2.62. The van der Waals surface area contributed by atoms with E-state index in [0.29, 0.717) is 22.0 Å². The molecule has 0 aromatic heterocycles. The summed E-state index contributed by atoms with van der Waals surface area (Å²) in [6, 6.07) is 13.7. The molecule has 188 valence electrons. The zero-order chi connectivity index (χ0) is 26.6. The second-order valence-electron chi connectivity index (χ2n) is 7.27. The Bertz CT molecular complexity index is 1350. The first-order chi connectivity index (χ1) is 17.0. The van der Waals surface area contributed by atoms with Gasteiger partial charge in [-0.2, -0.15) is 0 Å². The van der Waals surface area contributed by atoms with Crippen molar-refractivity contribution in [2.24, 2.45) is 0 Å². The van der Waals surface area contributed by atoms with E-state index in [1.807, 2.05) is 0 Å². The van der Waals surface area contributed by atoms with E-state index >= 15 is 0 Å². The number of anilines is 2. The third-order valence-electron chi connectivity index (χ3n) is 4.82. The van der Waals surface area contributed by atoms with Crippen LogP contribution < -0.4 is 15.4 Å². The molecule has 36 heavy (non-hydrogen) atoms. The van der Waals surface area contributed by atoms with Gasteiger partial charge < -0.3 is 20.5 Å². The lowest BCUT2D eigenvalue weighted by Crippen LogP contribution is -2.22. The van der Waals surface area contributed by atoms with E-state index < -0.39 is 33.3 Å². The molecule has 0 heterocycles. The summed E-state index contributed by atoms with van der Waals surface area (Å²) in [6.07, 6.45) is 0. The van der Waals surface area contributed by atoms with Crippen LogP contribution >= 0.6 is 58.2 Å². The fraction of sp³-hybridized carbons (Fsp3) is 0.125. The van der Waals surface area contributed by atoms with Crippen LogP contribution in [0.15, 0.2) is 53.4 Å². The summed E-state index contributed by atoms with van der Waals surface area (Å²) in [5.41, 5.74) is -0.0613. The Morgan fingerprint density at radius 2 is 1.44 bits per heavy atom. The maximum absolute atomic E-state index is 13.0. The zero-order valence-electron chi connectivity index (χ0n) is 18.7. The van der Waals surface area contributed by atoms with E-state index in [1.165, 1.54) is 18.9 Å². The Morgan fingerprint density at radius 1 is 0.861 bits per heavy atom. The van der Waals surface area contributed by atoms with Crippen molar-refractivity contribution in [1.29, 1.82) is 0 Å². The number of ether oxygens (including phenoxy) is 1. The lowest BCUT2D eigenvalue weighted by atomic mass is 10.1. The number of thioether (sulfide) groups is 1. The molecule has 7 nitrogen and oxygen atoms in total. The van der Waals surface area contributed by atoms with Crippen LogP contribution in [-0.2, 0) is 4.79 Å². The summed E-state index contributed by atoms with van der Waals surface area (Å²) in [5, 5.41) is 13.3. The number of aromatic carboxylic acids is 1. The molecule has 2 amide bonds. The third kappa shape index (κ3) is 6.38. The van der Waals surface area contributed by atoms with Crippen LogP contribution in [0, 0.1) is 0 Å². The number of halogens is 4. The number of hydrogen-bond acceptors (Lipinski definition) is 5. The van der Waals surface area contributed by atoms with Gasteiger partial charge in [0.1, 0.15) is 5.75 Å². The molecular weight excluding hydrogens is 570 g/mol. The van der Waals surface area contributed by atoms with Crippen molar-refractivity contribution in [3.8, 4) is 5.75 Å². The van der Waals surface area contributed by atoms with Crippen molar-refractivity contribution in [2.45, 2.75) is 17.1 Å². The standard InChI is InChI=1S/C24H18Cl4N2O5S/c1-11(22(31)29-12-5-3-7-14(9-12)35-2)36-15-8-4-6-13(10-15)30-23(32)16-17(24(33)34)19(26)21(28)20(27)18(16)25/h3-11H,1-2H3,(H,29,31)(H,30,32)(H,33,34). The molecule has 1 atom stereocenters. The second-order valence-corrected chi connectivity index (χ2v) is 10.2. The molecule has 0 spiro atoms. The van der Waals surface area contributed by atoms with Crippen LogP contribution in [0.5, 0.6) is 5.75 Å². The maximum atomic E-state index is 13.0. The fourth-order valence-corrected chi connectivity index (χ4v) is 5.03.